The number of fused-ring (bicyclic) bond motifs is 1. The molecule has 7 nitrogen and oxygen atoms in total. The SMILES string of the molecule is CNC(=O)c1cc(Oc2ccc3c(c2)CC(NC(=O)c2cc(Cl)ccc2OC)CC3)ccn1. The second-order valence-electron chi connectivity index (χ2n) is 7.75. The predicted molar refractivity (Wildman–Crippen MR) is 125 cm³/mol. The monoisotopic (exact) mass is 465 g/mol. The van der Waals surface area contributed by atoms with Crippen LogP contribution in [-0.2, 0) is 12.8 Å². The maximum absolute atomic E-state index is 12.9. The van der Waals surface area contributed by atoms with E-state index < -0.39 is 0 Å². The number of aryl methyl sites for hydroxylation is 1. The van der Waals surface area contributed by atoms with E-state index in [-0.39, 0.29) is 23.6 Å². The first-order chi connectivity index (χ1) is 16.0. The van der Waals surface area contributed by atoms with Crippen LogP contribution in [0.15, 0.2) is 54.7 Å². The van der Waals surface area contributed by atoms with E-state index in [1.165, 1.54) is 18.9 Å². The molecule has 0 bridgehead atoms. The standard InChI is InChI=1S/C25H24ClN3O4/c1-27-25(31)22-14-20(9-10-28-22)33-19-7-4-15-3-6-18(11-16(15)12-19)29-24(30)21-13-17(26)5-8-23(21)32-2/h4-5,7-10,12-14,18H,3,6,11H2,1-2H3,(H,27,31)(H,29,30). The highest BCUT2D eigenvalue weighted by Gasteiger charge is 2.23. The third-order valence-electron chi connectivity index (χ3n) is 5.57. The molecule has 170 valence electrons. The first-order valence-electron chi connectivity index (χ1n) is 10.6. The van der Waals surface area contributed by atoms with E-state index >= 15 is 0 Å². The second-order valence-corrected chi connectivity index (χ2v) is 8.18. The molecule has 2 amide bonds. The Morgan fingerprint density at radius 2 is 1.85 bits per heavy atom. The van der Waals surface area contributed by atoms with Gasteiger partial charge in [-0.15, -0.1) is 0 Å². The van der Waals surface area contributed by atoms with Crippen molar-refractivity contribution < 1.29 is 19.1 Å². The molecule has 1 unspecified atom stereocenters. The van der Waals surface area contributed by atoms with Crippen LogP contribution in [0.4, 0.5) is 0 Å². The number of halogens is 1. The number of ether oxygens (including phenoxy) is 2. The number of amides is 2. The van der Waals surface area contributed by atoms with Gasteiger partial charge in [0.05, 0.1) is 12.7 Å². The topological polar surface area (TPSA) is 89.6 Å². The predicted octanol–water partition coefficient (Wildman–Crippen LogP) is 4.18. The molecule has 1 heterocycles. The van der Waals surface area contributed by atoms with Crippen LogP contribution in [0.25, 0.3) is 0 Å². The molecule has 4 rings (SSSR count). The van der Waals surface area contributed by atoms with Crippen LogP contribution < -0.4 is 20.1 Å². The van der Waals surface area contributed by atoms with Gasteiger partial charge in [0.1, 0.15) is 22.9 Å². The summed E-state index contributed by atoms with van der Waals surface area (Å²) in [6, 6.07) is 14.2. The third-order valence-corrected chi connectivity index (χ3v) is 5.81. The van der Waals surface area contributed by atoms with Crippen molar-refractivity contribution in [2.75, 3.05) is 14.2 Å². The van der Waals surface area contributed by atoms with Gasteiger partial charge in [-0.25, -0.2) is 0 Å². The molecule has 1 atom stereocenters. The summed E-state index contributed by atoms with van der Waals surface area (Å²) in [7, 11) is 3.08. The summed E-state index contributed by atoms with van der Waals surface area (Å²) >= 11 is 6.07. The molecule has 2 N–H and O–H groups in total. The summed E-state index contributed by atoms with van der Waals surface area (Å²) in [4.78, 5) is 28.7. The molecule has 33 heavy (non-hydrogen) atoms. The lowest BCUT2D eigenvalue weighted by Crippen LogP contribution is -2.39. The molecule has 0 spiro atoms. The van der Waals surface area contributed by atoms with Gasteiger partial charge in [-0.2, -0.15) is 0 Å². The van der Waals surface area contributed by atoms with Gasteiger partial charge < -0.3 is 20.1 Å². The molecule has 3 aromatic rings. The summed E-state index contributed by atoms with van der Waals surface area (Å²) in [5.41, 5.74) is 3.04. The summed E-state index contributed by atoms with van der Waals surface area (Å²) in [6.07, 6.45) is 3.90. The molecular formula is C25H24ClN3O4. The molecule has 1 aliphatic rings. The molecule has 0 saturated carbocycles. The van der Waals surface area contributed by atoms with Gasteiger partial charge in [0.25, 0.3) is 11.8 Å². The lowest BCUT2D eigenvalue weighted by atomic mass is 9.88. The van der Waals surface area contributed by atoms with Gasteiger partial charge in [0.15, 0.2) is 0 Å². The maximum Gasteiger partial charge on any atom is 0.269 e. The van der Waals surface area contributed by atoms with Crippen LogP contribution >= 0.6 is 11.6 Å². The summed E-state index contributed by atoms with van der Waals surface area (Å²) < 4.78 is 11.3. The van der Waals surface area contributed by atoms with Crippen molar-refractivity contribution >= 4 is 23.4 Å². The fourth-order valence-electron chi connectivity index (χ4n) is 3.90. The summed E-state index contributed by atoms with van der Waals surface area (Å²) in [6.45, 7) is 0. The van der Waals surface area contributed by atoms with Gasteiger partial charge in [-0.05, 0) is 66.8 Å². The van der Waals surface area contributed by atoms with Crippen molar-refractivity contribution in [3.8, 4) is 17.2 Å². The minimum absolute atomic E-state index is 0.0234. The number of nitrogens with one attached hydrogen (secondary N) is 2. The molecule has 1 aromatic heterocycles. The highest BCUT2D eigenvalue weighted by molar-refractivity contribution is 6.31. The lowest BCUT2D eigenvalue weighted by molar-refractivity contribution is 0.0928. The van der Waals surface area contributed by atoms with Crippen LogP contribution in [0.5, 0.6) is 17.2 Å². The Morgan fingerprint density at radius 3 is 2.64 bits per heavy atom. The molecule has 8 heteroatoms. The van der Waals surface area contributed by atoms with Crippen LogP contribution in [-0.4, -0.2) is 37.0 Å². The molecule has 0 radical (unpaired) electrons. The van der Waals surface area contributed by atoms with E-state index in [0.29, 0.717) is 34.3 Å². The van der Waals surface area contributed by atoms with E-state index in [1.54, 1.807) is 37.4 Å². The molecule has 0 aliphatic heterocycles. The Bertz CT molecular complexity index is 1200. The maximum atomic E-state index is 12.9. The average molecular weight is 466 g/mol. The van der Waals surface area contributed by atoms with Gasteiger partial charge in [-0.3, -0.25) is 14.6 Å². The van der Waals surface area contributed by atoms with Crippen LogP contribution in [0.3, 0.4) is 0 Å². The molecule has 2 aromatic carbocycles. The Labute approximate surface area is 197 Å². The first kappa shape index (κ1) is 22.6. The molecule has 0 saturated heterocycles. The zero-order valence-electron chi connectivity index (χ0n) is 18.4. The number of hydrogen-bond acceptors (Lipinski definition) is 5. The quantitative estimate of drug-likeness (QED) is 0.570. The van der Waals surface area contributed by atoms with Crippen LogP contribution in [0.2, 0.25) is 5.02 Å². The second kappa shape index (κ2) is 9.92. The minimum Gasteiger partial charge on any atom is -0.496 e. The van der Waals surface area contributed by atoms with E-state index in [2.05, 4.69) is 15.6 Å². The number of carbonyl (C=O) groups is 2. The van der Waals surface area contributed by atoms with Crippen molar-refractivity contribution in [3.05, 3.63) is 82.1 Å². The number of aromatic nitrogens is 1. The summed E-state index contributed by atoms with van der Waals surface area (Å²) in [5.74, 6) is 1.18. The van der Waals surface area contributed by atoms with Crippen molar-refractivity contribution in [3.63, 3.8) is 0 Å². The Balaban J connectivity index is 1.47. The van der Waals surface area contributed by atoms with Gasteiger partial charge in [-0.1, -0.05) is 17.7 Å². The van der Waals surface area contributed by atoms with E-state index in [9.17, 15) is 9.59 Å². The highest BCUT2D eigenvalue weighted by atomic mass is 35.5. The zero-order valence-corrected chi connectivity index (χ0v) is 19.1. The third kappa shape index (κ3) is 5.26. The lowest BCUT2D eigenvalue weighted by Gasteiger charge is -2.26. The number of pyridine rings is 1. The number of benzene rings is 2. The smallest absolute Gasteiger partial charge is 0.269 e. The van der Waals surface area contributed by atoms with Crippen LogP contribution in [0, 0.1) is 0 Å². The van der Waals surface area contributed by atoms with Crippen LogP contribution in [0.1, 0.15) is 38.4 Å². The molecule has 0 fully saturated rings. The van der Waals surface area contributed by atoms with Crippen molar-refractivity contribution in [2.45, 2.75) is 25.3 Å². The van der Waals surface area contributed by atoms with Crippen molar-refractivity contribution in [1.82, 2.24) is 15.6 Å². The fraction of sp³-hybridized carbons (Fsp3) is 0.240. The Hall–Kier alpha value is -3.58. The van der Waals surface area contributed by atoms with Gasteiger partial charge in [0.2, 0.25) is 0 Å². The number of rotatable bonds is 6. The Kier molecular flexibility index (Phi) is 6.79. The number of hydrogen-bond donors (Lipinski definition) is 2. The Morgan fingerprint density at radius 1 is 1.03 bits per heavy atom. The minimum atomic E-state index is -0.277. The highest BCUT2D eigenvalue weighted by Crippen LogP contribution is 2.29. The number of nitrogens with zero attached hydrogens (tertiary/aromatic N) is 1. The summed E-state index contributed by atoms with van der Waals surface area (Å²) in [5, 5.41) is 6.13. The number of methoxy groups -OCH3 is 1. The molecule has 1 aliphatic carbocycles. The zero-order chi connectivity index (χ0) is 23.4. The number of carbonyl (C=O) groups excluding carboxylic acids is 2. The molecular weight excluding hydrogens is 442 g/mol. The van der Waals surface area contributed by atoms with Crippen molar-refractivity contribution in [1.29, 1.82) is 0 Å². The van der Waals surface area contributed by atoms with Crippen molar-refractivity contribution in [2.24, 2.45) is 0 Å². The van der Waals surface area contributed by atoms with E-state index in [4.69, 9.17) is 21.1 Å². The van der Waals surface area contributed by atoms with E-state index in [0.717, 1.165) is 18.4 Å². The first-order valence-corrected chi connectivity index (χ1v) is 11.0. The fourth-order valence-corrected chi connectivity index (χ4v) is 4.08. The van der Waals surface area contributed by atoms with Gasteiger partial charge >= 0.3 is 0 Å². The normalized spacial score (nSPS) is 14.7. The van der Waals surface area contributed by atoms with E-state index in [1.807, 2.05) is 18.2 Å². The largest absolute Gasteiger partial charge is 0.496 e. The van der Waals surface area contributed by atoms with Gasteiger partial charge in [0, 0.05) is 30.4 Å². The average Bonchev–Trinajstić information content (AvgIpc) is 2.83.